The van der Waals surface area contributed by atoms with E-state index < -0.39 is 0 Å². The van der Waals surface area contributed by atoms with E-state index in [0.29, 0.717) is 5.92 Å². The topological polar surface area (TPSA) is 60.9 Å². The van der Waals surface area contributed by atoms with Crippen LogP contribution in [0.1, 0.15) is 78.5 Å². The number of aryl methyl sites for hydroxylation is 1. The normalized spacial score (nSPS) is 19.9. The van der Waals surface area contributed by atoms with Crippen LogP contribution in [0, 0.1) is 19.8 Å². The molecular weight excluding hydrogens is 406 g/mol. The van der Waals surface area contributed by atoms with Gasteiger partial charge in [0.1, 0.15) is 0 Å². The third-order valence-corrected chi connectivity index (χ3v) is 7.12. The van der Waals surface area contributed by atoms with E-state index in [0.717, 1.165) is 44.3 Å². The molecule has 1 aliphatic carbocycles. The molecule has 1 fully saturated rings. The van der Waals surface area contributed by atoms with Gasteiger partial charge in [0.15, 0.2) is 0 Å². The summed E-state index contributed by atoms with van der Waals surface area (Å²) in [6, 6.07) is 15.5. The molecule has 3 N–H and O–H groups in total. The first-order valence-corrected chi connectivity index (χ1v) is 12.3. The largest absolute Gasteiger partial charge is 0.393 e. The van der Waals surface area contributed by atoms with E-state index in [4.69, 9.17) is 0 Å². The highest BCUT2D eigenvalue weighted by Gasteiger charge is 2.22. The maximum absolute atomic E-state index is 9.82. The van der Waals surface area contributed by atoms with Crippen LogP contribution >= 0.6 is 0 Å². The average molecular weight is 444 g/mol. The Morgan fingerprint density at radius 3 is 2.67 bits per heavy atom. The number of hydrogen-bond acceptors (Lipinski definition) is 3. The number of H-pyrrole nitrogens is 1. The van der Waals surface area contributed by atoms with E-state index in [1.807, 2.05) is 6.20 Å². The lowest BCUT2D eigenvalue weighted by molar-refractivity contribution is 0.109. The first-order valence-electron chi connectivity index (χ1n) is 12.3. The number of aliphatic hydroxyl groups excluding tert-OH is 1. The minimum Gasteiger partial charge on any atom is -0.393 e. The highest BCUT2D eigenvalue weighted by molar-refractivity contribution is 5.65. The van der Waals surface area contributed by atoms with Crippen LogP contribution in [-0.2, 0) is 0 Å². The molecule has 1 atom stereocenters. The summed E-state index contributed by atoms with van der Waals surface area (Å²) in [7, 11) is 0. The van der Waals surface area contributed by atoms with Gasteiger partial charge in [0.05, 0.1) is 18.3 Å². The SMILES string of the molecule is CC/C=C(/NCC1CCC(O)CC1)c1cccc(C(c2cnc[nH]2)c2cccc(C)c2C)c1. The molecule has 1 unspecified atom stereocenters. The molecule has 2 aromatic carbocycles. The van der Waals surface area contributed by atoms with Gasteiger partial charge < -0.3 is 15.4 Å². The quantitative estimate of drug-likeness (QED) is 0.394. The summed E-state index contributed by atoms with van der Waals surface area (Å²) in [6.45, 7) is 7.54. The van der Waals surface area contributed by atoms with Crippen molar-refractivity contribution < 1.29 is 5.11 Å². The number of aromatic nitrogens is 2. The van der Waals surface area contributed by atoms with Crippen molar-refractivity contribution in [3.05, 3.63) is 94.6 Å². The molecule has 0 amide bonds. The minimum atomic E-state index is -0.104. The standard InChI is InChI=1S/C29H37N3O/c1-4-7-27(31-17-22-12-14-25(33)15-13-22)23-9-6-10-24(16-23)29(28-18-30-19-32-28)26-11-5-8-20(2)21(26)3/h5-11,16,18-19,22,25,29,31,33H,4,12-15,17H2,1-3H3,(H,30,32)/b27-7+. The van der Waals surface area contributed by atoms with Crippen molar-refractivity contribution in [2.24, 2.45) is 5.92 Å². The van der Waals surface area contributed by atoms with E-state index in [2.05, 4.69) is 84.6 Å². The van der Waals surface area contributed by atoms with Gasteiger partial charge in [-0.25, -0.2) is 4.98 Å². The molecule has 1 aromatic heterocycles. The van der Waals surface area contributed by atoms with Crippen LogP contribution in [0.2, 0.25) is 0 Å². The van der Waals surface area contributed by atoms with Crippen molar-refractivity contribution in [2.45, 2.75) is 64.9 Å². The minimum absolute atomic E-state index is 0.104. The van der Waals surface area contributed by atoms with Crippen molar-refractivity contribution >= 4 is 5.70 Å². The van der Waals surface area contributed by atoms with Gasteiger partial charge in [-0.3, -0.25) is 0 Å². The lowest BCUT2D eigenvalue weighted by atomic mass is 9.84. The maximum Gasteiger partial charge on any atom is 0.0922 e. The second-order valence-electron chi connectivity index (χ2n) is 9.44. The summed E-state index contributed by atoms with van der Waals surface area (Å²) in [5, 5.41) is 13.6. The molecule has 1 heterocycles. The van der Waals surface area contributed by atoms with Crippen molar-refractivity contribution in [3.8, 4) is 0 Å². The van der Waals surface area contributed by atoms with Crippen LogP contribution in [0.5, 0.6) is 0 Å². The smallest absolute Gasteiger partial charge is 0.0922 e. The summed E-state index contributed by atoms with van der Waals surface area (Å²) in [4.78, 5) is 7.69. The number of allylic oxidation sites excluding steroid dienone is 1. The molecule has 0 aliphatic heterocycles. The molecule has 4 heteroatoms. The molecule has 174 valence electrons. The Balaban J connectivity index is 1.63. The van der Waals surface area contributed by atoms with E-state index >= 15 is 0 Å². The average Bonchev–Trinajstić information content (AvgIpc) is 3.35. The van der Waals surface area contributed by atoms with Gasteiger partial charge in [-0.2, -0.15) is 0 Å². The lowest BCUT2D eigenvalue weighted by Gasteiger charge is -2.26. The molecule has 4 nitrogen and oxygen atoms in total. The third-order valence-electron chi connectivity index (χ3n) is 7.12. The van der Waals surface area contributed by atoms with Gasteiger partial charge in [-0.1, -0.05) is 49.4 Å². The molecule has 0 saturated heterocycles. The zero-order valence-electron chi connectivity index (χ0n) is 20.1. The van der Waals surface area contributed by atoms with Crippen LogP contribution in [0.15, 0.2) is 61.1 Å². The number of hydrogen-bond donors (Lipinski definition) is 3. The number of aliphatic hydroxyl groups is 1. The number of nitrogens with zero attached hydrogens (tertiary/aromatic N) is 1. The summed E-state index contributed by atoms with van der Waals surface area (Å²) in [5.41, 5.74) is 8.73. The van der Waals surface area contributed by atoms with Crippen LogP contribution in [0.4, 0.5) is 0 Å². The fourth-order valence-corrected chi connectivity index (χ4v) is 5.02. The Kier molecular flexibility index (Phi) is 7.66. The molecule has 0 bridgehead atoms. The summed E-state index contributed by atoms with van der Waals surface area (Å²) < 4.78 is 0. The third kappa shape index (κ3) is 5.56. The van der Waals surface area contributed by atoms with E-state index in [1.165, 1.54) is 33.5 Å². The molecule has 1 saturated carbocycles. The number of aromatic amines is 1. The first-order chi connectivity index (χ1) is 16.1. The number of rotatable bonds is 8. The Labute approximate surface area is 198 Å². The van der Waals surface area contributed by atoms with Crippen LogP contribution < -0.4 is 5.32 Å². The highest BCUT2D eigenvalue weighted by atomic mass is 16.3. The lowest BCUT2D eigenvalue weighted by Crippen LogP contribution is -2.27. The fraction of sp³-hybridized carbons (Fsp3) is 0.414. The zero-order valence-corrected chi connectivity index (χ0v) is 20.1. The highest BCUT2D eigenvalue weighted by Crippen LogP contribution is 2.34. The van der Waals surface area contributed by atoms with Gasteiger partial charge >= 0.3 is 0 Å². The molecule has 0 radical (unpaired) electrons. The molecule has 4 rings (SSSR count). The molecular formula is C29H37N3O. The van der Waals surface area contributed by atoms with Crippen LogP contribution in [-0.4, -0.2) is 27.7 Å². The van der Waals surface area contributed by atoms with Gasteiger partial charge in [-0.15, -0.1) is 0 Å². The second kappa shape index (κ2) is 10.8. The van der Waals surface area contributed by atoms with E-state index in [9.17, 15) is 5.11 Å². The van der Waals surface area contributed by atoms with Crippen molar-refractivity contribution in [1.82, 2.24) is 15.3 Å². The summed E-state index contributed by atoms with van der Waals surface area (Å²) >= 11 is 0. The van der Waals surface area contributed by atoms with Gasteiger partial charge in [0, 0.05) is 24.1 Å². The summed E-state index contributed by atoms with van der Waals surface area (Å²) in [5.74, 6) is 0.736. The summed E-state index contributed by atoms with van der Waals surface area (Å²) in [6.07, 6.45) is 10.9. The maximum atomic E-state index is 9.82. The van der Waals surface area contributed by atoms with Crippen molar-refractivity contribution in [2.75, 3.05) is 6.54 Å². The van der Waals surface area contributed by atoms with Gasteiger partial charge in [0.25, 0.3) is 0 Å². The van der Waals surface area contributed by atoms with Crippen LogP contribution in [0.25, 0.3) is 5.70 Å². The van der Waals surface area contributed by atoms with E-state index in [1.54, 1.807) is 6.33 Å². The Morgan fingerprint density at radius 1 is 1.15 bits per heavy atom. The zero-order chi connectivity index (χ0) is 23.2. The number of nitrogens with one attached hydrogen (secondary N) is 2. The molecule has 1 aliphatic rings. The number of benzene rings is 2. The van der Waals surface area contributed by atoms with Gasteiger partial charge in [-0.05, 0) is 85.8 Å². The van der Waals surface area contributed by atoms with Crippen LogP contribution in [0.3, 0.4) is 0 Å². The molecule has 33 heavy (non-hydrogen) atoms. The Hall–Kier alpha value is -2.85. The van der Waals surface area contributed by atoms with Crippen molar-refractivity contribution in [3.63, 3.8) is 0 Å². The van der Waals surface area contributed by atoms with Gasteiger partial charge in [0.2, 0.25) is 0 Å². The second-order valence-corrected chi connectivity index (χ2v) is 9.44. The Morgan fingerprint density at radius 2 is 1.94 bits per heavy atom. The predicted molar refractivity (Wildman–Crippen MR) is 136 cm³/mol. The Bertz CT molecular complexity index is 1060. The fourth-order valence-electron chi connectivity index (χ4n) is 5.02. The molecule has 3 aromatic rings. The monoisotopic (exact) mass is 443 g/mol. The predicted octanol–water partition coefficient (Wildman–Crippen LogP) is 6.10. The van der Waals surface area contributed by atoms with Crippen molar-refractivity contribution in [1.29, 1.82) is 0 Å². The first kappa shape index (κ1) is 23.3. The van der Waals surface area contributed by atoms with E-state index in [-0.39, 0.29) is 12.0 Å². The molecule has 0 spiro atoms. The number of imidazole rings is 1.